The molecule has 38 heavy (non-hydrogen) atoms. The van der Waals surface area contributed by atoms with Gasteiger partial charge in [-0.05, 0) is 61.5 Å². The SMILES string of the molecule is CC1=NN=C(Nc2cc(N3CCC3)nc(Sc3ccc(NC(=O)c4cccc(C(F)(F)F)c4F)cc3)n2)C1. The normalized spacial score (nSPS) is 15.0. The number of anilines is 3. The molecule has 3 aromatic rings. The number of amidine groups is 1. The summed E-state index contributed by atoms with van der Waals surface area (Å²) in [5, 5.41) is 14.3. The van der Waals surface area contributed by atoms with Crippen molar-refractivity contribution >= 4 is 46.5 Å². The van der Waals surface area contributed by atoms with Gasteiger partial charge >= 0.3 is 6.18 Å². The predicted molar refractivity (Wildman–Crippen MR) is 138 cm³/mol. The molecule has 3 heterocycles. The number of nitrogens with zero attached hydrogens (tertiary/aromatic N) is 5. The Hall–Kier alpha value is -4.00. The fourth-order valence-electron chi connectivity index (χ4n) is 3.74. The maximum atomic E-state index is 14.3. The first-order valence-electron chi connectivity index (χ1n) is 11.6. The van der Waals surface area contributed by atoms with Crippen LogP contribution in [0.4, 0.5) is 34.9 Å². The molecule has 1 saturated heterocycles. The van der Waals surface area contributed by atoms with Gasteiger partial charge in [0.25, 0.3) is 5.91 Å². The van der Waals surface area contributed by atoms with E-state index in [1.54, 1.807) is 24.3 Å². The van der Waals surface area contributed by atoms with Crippen molar-refractivity contribution in [1.29, 1.82) is 0 Å². The Bertz CT molecular complexity index is 1440. The Morgan fingerprint density at radius 2 is 1.82 bits per heavy atom. The lowest BCUT2D eigenvalue weighted by Gasteiger charge is -2.32. The Labute approximate surface area is 219 Å². The molecule has 1 fully saturated rings. The van der Waals surface area contributed by atoms with Crippen molar-refractivity contribution in [1.82, 2.24) is 9.97 Å². The van der Waals surface area contributed by atoms with E-state index in [9.17, 15) is 22.4 Å². The summed E-state index contributed by atoms with van der Waals surface area (Å²) in [4.78, 5) is 24.6. The highest BCUT2D eigenvalue weighted by Crippen LogP contribution is 2.33. The van der Waals surface area contributed by atoms with Crippen LogP contribution in [0, 0.1) is 5.82 Å². The van der Waals surface area contributed by atoms with Gasteiger partial charge in [0, 0.05) is 41.9 Å². The summed E-state index contributed by atoms with van der Waals surface area (Å²) in [6.07, 6.45) is -3.20. The smallest absolute Gasteiger partial charge is 0.356 e. The monoisotopic (exact) mass is 543 g/mol. The van der Waals surface area contributed by atoms with Gasteiger partial charge in [0.15, 0.2) is 5.16 Å². The molecular weight excluding hydrogens is 522 g/mol. The van der Waals surface area contributed by atoms with Crippen molar-refractivity contribution < 1.29 is 22.4 Å². The number of benzene rings is 2. The molecule has 196 valence electrons. The van der Waals surface area contributed by atoms with E-state index in [-0.39, 0.29) is 0 Å². The van der Waals surface area contributed by atoms with E-state index >= 15 is 0 Å². The maximum Gasteiger partial charge on any atom is 0.419 e. The van der Waals surface area contributed by atoms with Gasteiger partial charge in [-0.2, -0.15) is 18.3 Å². The van der Waals surface area contributed by atoms with E-state index in [4.69, 9.17) is 0 Å². The zero-order valence-electron chi connectivity index (χ0n) is 20.0. The molecule has 0 bridgehead atoms. The summed E-state index contributed by atoms with van der Waals surface area (Å²) in [5.74, 6) is -0.508. The van der Waals surface area contributed by atoms with Gasteiger partial charge in [0.2, 0.25) is 0 Å². The van der Waals surface area contributed by atoms with Crippen LogP contribution in [0.5, 0.6) is 0 Å². The number of hydrogen-bond acceptors (Lipinski definition) is 8. The zero-order chi connectivity index (χ0) is 26.9. The lowest BCUT2D eigenvalue weighted by molar-refractivity contribution is -0.140. The molecule has 0 atom stereocenters. The average molecular weight is 544 g/mol. The summed E-state index contributed by atoms with van der Waals surface area (Å²) in [6, 6.07) is 11.0. The van der Waals surface area contributed by atoms with Crippen molar-refractivity contribution in [3.63, 3.8) is 0 Å². The summed E-state index contributed by atoms with van der Waals surface area (Å²) in [6.45, 7) is 3.71. The van der Waals surface area contributed by atoms with Crippen LogP contribution in [0.2, 0.25) is 0 Å². The maximum absolute atomic E-state index is 14.3. The number of alkyl halides is 3. The van der Waals surface area contributed by atoms with E-state index in [1.807, 2.05) is 13.0 Å². The molecule has 1 amide bonds. The lowest BCUT2D eigenvalue weighted by Crippen LogP contribution is -2.37. The fraction of sp³-hybridized carbons (Fsp3) is 0.240. The van der Waals surface area contributed by atoms with Gasteiger partial charge in [-0.3, -0.25) is 4.79 Å². The van der Waals surface area contributed by atoms with E-state index in [2.05, 4.69) is 35.7 Å². The first-order chi connectivity index (χ1) is 18.2. The number of nitrogens with one attached hydrogen (secondary N) is 2. The molecule has 0 saturated carbocycles. The molecule has 0 unspecified atom stereocenters. The third-order valence-corrected chi connectivity index (χ3v) is 6.65. The van der Waals surface area contributed by atoms with Crippen molar-refractivity contribution in [2.75, 3.05) is 28.6 Å². The number of carbonyl (C=O) groups is 1. The minimum atomic E-state index is -4.90. The lowest BCUT2D eigenvalue weighted by atomic mass is 10.1. The molecular formula is C25H21F4N7OS. The molecule has 2 aliphatic rings. The van der Waals surface area contributed by atoms with Crippen molar-refractivity contribution in [3.8, 4) is 0 Å². The summed E-state index contributed by atoms with van der Waals surface area (Å²) < 4.78 is 53.2. The molecule has 2 aliphatic heterocycles. The van der Waals surface area contributed by atoms with Crippen molar-refractivity contribution in [2.45, 2.75) is 36.0 Å². The van der Waals surface area contributed by atoms with E-state index in [0.29, 0.717) is 35.0 Å². The minimum absolute atomic E-state index is 0.295. The fourth-order valence-corrected chi connectivity index (χ4v) is 4.51. The molecule has 8 nitrogen and oxygen atoms in total. The van der Waals surface area contributed by atoms with Crippen LogP contribution in [0.25, 0.3) is 0 Å². The van der Waals surface area contributed by atoms with Crippen molar-refractivity contribution in [2.24, 2.45) is 10.2 Å². The van der Waals surface area contributed by atoms with Crippen LogP contribution in [0.3, 0.4) is 0 Å². The molecule has 2 aromatic carbocycles. The zero-order valence-corrected chi connectivity index (χ0v) is 20.8. The molecule has 1 aromatic heterocycles. The Balaban J connectivity index is 1.29. The molecule has 2 N–H and O–H groups in total. The van der Waals surface area contributed by atoms with Crippen LogP contribution in [-0.4, -0.2) is 40.5 Å². The second kappa shape index (κ2) is 10.4. The number of amides is 1. The third-order valence-electron chi connectivity index (χ3n) is 5.78. The number of hydrogen-bond donors (Lipinski definition) is 2. The number of halogens is 4. The predicted octanol–water partition coefficient (Wildman–Crippen LogP) is 5.84. The molecule has 0 spiro atoms. The van der Waals surface area contributed by atoms with Gasteiger partial charge < -0.3 is 15.5 Å². The number of aromatic nitrogens is 2. The van der Waals surface area contributed by atoms with E-state index in [1.165, 1.54) is 11.8 Å². The minimum Gasteiger partial charge on any atom is -0.356 e. The molecule has 13 heteroatoms. The summed E-state index contributed by atoms with van der Waals surface area (Å²) >= 11 is 1.30. The highest BCUT2D eigenvalue weighted by Gasteiger charge is 2.35. The van der Waals surface area contributed by atoms with Gasteiger partial charge in [0.05, 0.1) is 11.1 Å². The summed E-state index contributed by atoms with van der Waals surface area (Å²) in [7, 11) is 0. The highest BCUT2D eigenvalue weighted by atomic mass is 32.2. The van der Waals surface area contributed by atoms with Crippen LogP contribution in [-0.2, 0) is 6.18 Å². The summed E-state index contributed by atoms with van der Waals surface area (Å²) in [5.41, 5.74) is -0.985. The standard InChI is InChI=1S/C25H21F4N7OS/c1-14-12-20(35-34-14)31-19-13-21(36-10-3-11-36)33-24(32-19)38-16-8-6-15(7-9-16)30-23(37)17-4-2-5-18(22(17)26)25(27,28)29/h2,4-9,13H,3,10-12H2,1H3,(H,30,37)(H,31,32,33,35). The van der Waals surface area contributed by atoms with Gasteiger partial charge in [-0.25, -0.2) is 14.4 Å². The van der Waals surface area contributed by atoms with Gasteiger partial charge in [-0.15, -0.1) is 5.10 Å². The topological polar surface area (TPSA) is 94.9 Å². The first-order valence-corrected chi connectivity index (χ1v) is 12.4. The van der Waals surface area contributed by atoms with Crippen molar-refractivity contribution in [3.05, 3.63) is 65.5 Å². The van der Waals surface area contributed by atoms with Crippen LogP contribution in [0.1, 0.15) is 35.7 Å². The van der Waals surface area contributed by atoms with E-state index in [0.717, 1.165) is 48.1 Å². The largest absolute Gasteiger partial charge is 0.419 e. The quantitative estimate of drug-likeness (QED) is 0.300. The molecule has 0 radical (unpaired) electrons. The Morgan fingerprint density at radius 1 is 1.05 bits per heavy atom. The third kappa shape index (κ3) is 5.77. The Kier molecular flexibility index (Phi) is 7.02. The number of rotatable bonds is 6. The average Bonchev–Trinajstić information content (AvgIpc) is 3.22. The van der Waals surface area contributed by atoms with Crippen LogP contribution < -0.4 is 15.5 Å². The first kappa shape index (κ1) is 25.6. The van der Waals surface area contributed by atoms with E-state index < -0.39 is 29.0 Å². The second-order valence-electron chi connectivity index (χ2n) is 8.66. The number of carbonyl (C=O) groups excluding carboxylic acids is 1. The van der Waals surface area contributed by atoms with Crippen LogP contribution >= 0.6 is 11.8 Å². The van der Waals surface area contributed by atoms with Gasteiger partial charge in [0.1, 0.15) is 23.3 Å². The Morgan fingerprint density at radius 3 is 2.45 bits per heavy atom. The second-order valence-corrected chi connectivity index (χ2v) is 9.70. The van der Waals surface area contributed by atoms with Crippen LogP contribution in [0.15, 0.2) is 68.8 Å². The molecule has 0 aliphatic carbocycles. The van der Waals surface area contributed by atoms with Gasteiger partial charge in [-0.1, -0.05) is 6.07 Å². The molecule has 5 rings (SSSR count). The highest BCUT2D eigenvalue weighted by molar-refractivity contribution is 7.99.